The Bertz CT molecular complexity index is 1120. The van der Waals surface area contributed by atoms with Gasteiger partial charge in [-0.2, -0.15) is 0 Å². The van der Waals surface area contributed by atoms with Crippen molar-refractivity contribution in [1.82, 2.24) is 10.3 Å². The molecule has 1 heterocycles. The lowest BCUT2D eigenvalue weighted by atomic mass is 9.70. The standard InChI is InChI=1S/C25H28F3N3O/c1-13(2)7-21(25(29)32)30-12-14-8-16(9-14)22-19-10-18(27)11-20(28)24(19)31-23(22)15-3-5-17(26)6-4-15/h3-6,10-11,13-14,16,21,30-31H,7-9,12H2,1-2H3,(H2,29,32). The van der Waals surface area contributed by atoms with Gasteiger partial charge in [-0.05, 0) is 85.0 Å². The number of carbonyl (C=O) groups excluding carboxylic acids is 1. The molecule has 1 atom stereocenters. The Kier molecular flexibility index (Phi) is 6.29. The van der Waals surface area contributed by atoms with Gasteiger partial charge in [-0.15, -0.1) is 0 Å². The number of halogens is 3. The molecule has 4 nitrogen and oxygen atoms in total. The Morgan fingerprint density at radius 1 is 1.12 bits per heavy atom. The summed E-state index contributed by atoms with van der Waals surface area (Å²) in [6.45, 7) is 4.75. The molecule has 0 radical (unpaired) electrons. The molecular weight excluding hydrogens is 415 g/mol. The molecule has 1 amide bonds. The van der Waals surface area contributed by atoms with Gasteiger partial charge < -0.3 is 16.0 Å². The quantitative estimate of drug-likeness (QED) is 0.446. The lowest BCUT2D eigenvalue weighted by Gasteiger charge is -2.37. The van der Waals surface area contributed by atoms with E-state index in [0.717, 1.165) is 30.0 Å². The lowest BCUT2D eigenvalue weighted by molar-refractivity contribution is -0.120. The van der Waals surface area contributed by atoms with Crippen LogP contribution < -0.4 is 11.1 Å². The number of benzene rings is 2. The summed E-state index contributed by atoms with van der Waals surface area (Å²) in [5, 5.41) is 3.80. The molecule has 4 N–H and O–H groups in total. The number of hydrogen-bond donors (Lipinski definition) is 3. The number of amides is 1. The maximum absolute atomic E-state index is 14.5. The second-order valence-corrected chi connectivity index (χ2v) is 9.26. The first kappa shape index (κ1) is 22.4. The second-order valence-electron chi connectivity index (χ2n) is 9.26. The van der Waals surface area contributed by atoms with Gasteiger partial charge in [-0.1, -0.05) is 13.8 Å². The zero-order valence-electron chi connectivity index (χ0n) is 18.2. The van der Waals surface area contributed by atoms with Gasteiger partial charge in [0.2, 0.25) is 5.91 Å². The summed E-state index contributed by atoms with van der Waals surface area (Å²) in [6.07, 6.45) is 2.32. The van der Waals surface area contributed by atoms with Crippen molar-refractivity contribution >= 4 is 16.8 Å². The van der Waals surface area contributed by atoms with Crippen LogP contribution in [-0.2, 0) is 4.79 Å². The number of carbonyl (C=O) groups is 1. The van der Waals surface area contributed by atoms with Crippen molar-refractivity contribution in [3.8, 4) is 11.3 Å². The number of H-pyrrole nitrogens is 1. The molecule has 0 spiro atoms. The minimum absolute atomic E-state index is 0.105. The normalized spacial score (nSPS) is 19.3. The summed E-state index contributed by atoms with van der Waals surface area (Å²) in [5.41, 5.74) is 8.05. The minimum Gasteiger partial charge on any atom is -0.368 e. The molecule has 170 valence electrons. The van der Waals surface area contributed by atoms with Crippen LogP contribution in [0.2, 0.25) is 0 Å². The predicted molar refractivity (Wildman–Crippen MR) is 120 cm³/mol. The van der Waals surface area contributed by atoms with E-state index in [4.69, 9.17) is 5.73 Å². The summed E-state index contributed by atoms with van der Waals surface area (Å²) in [7, 11) is 0. The van der Waals surface area contributed by atoms with Crippen LogP contribution in [0.15, 0.2) is 36.4 Å². The maximum atomic E-state index is 14.5. The van der Waals surface area contributed by atoms with Crippen LogP contribution in [0, 0.1) is 29.3 Å². The highest BCUT2D eigenvalue weighted by Crippen LogP contribution is 2.48. The van der Waals surface area contributed by atoms with Crippen LogP contribution in [0.5, 0.6) is 0 Å². The summed E-state index contributed by atoms with van der Waals surface area (Å²) in [6, 6.07) is 7.84. The van der Waals surface area contributed by atoms with Crippen LogP contribution in [0.3, 0.4) is 0 Å². The van der Waals surface area contributed by atoms with E-state index in [1.165, 1.54) is 18.2 Å². The molecule has 2 aromatic carbocycles. The van der Waals surface area contributed by atoms with Crippen LogP contribution in [0.25, 0.3) is 22.2 Å². The molecule has 4 rings (SSSR count). The van der Waals surface area contributed by atoms with Gasteiger partial charge in [0, 0.05) is 11.5 Å². The SMILES string of the molecule is CC(C)CC(NCC1CC(c2c(-c3ccc(F)cc3)[nH]c3c(F)cc(F)cc23)C1)C(N)=O. The number of aromatic amines is 1. The molecule has 0 saturated heterocycles. The number of hydrogen-bond acceptors (Lipinski definition) is 2. The molecule has 1 unspecified atom stereocenters. The highest BCUT2D eigenvalue weighted by molar-refractivity contribution is 5.92. The van der Waals surface area contributed by atoms with E-state index in [0.29, 0.717) is 35.9 Å². The van der Waals surface area contributed by atoms with E-state index in [2.05, 4.69) is 10.3 Å². The van der Waals surface area contributed by atoms with Gasteiger partial charge in [0.15, 0.2) is 0 Å². The van der Waals surface area contributed by atoms with Gasteiger partial charge in [-0.3, -0.25) is 4.79 Å². The maximum Gasteiger partial charge on any atom is 0.234 e. The second kappa shape index (κ2) is 8.98. The summed E-state index contributed by atoms with van der Waals surface area (Å²) in [4.78, 5) is 14.8. The number of primary amides is 1. The monoisotopic (exact) mass is 443 g/mol. The Balaban J connectivity index is 1.57. The summed E-state index contributed by atoms with van der Waals surface area (Å²) >= 11 is 0. The average Bonchev–Trinajstić information content (AvgIpc) is 3.05. The molecule has 1 aliphatic rings. The molecule has 1 aliphatic carbocycles. The largest absolute Gasteiger partial charge is 0.368 e. The van der Waals surface area contributed by atoms with E-state index < -0.39 is 11.6 Å². The van der Waals surface area contributed by atoms with Crippen molar-refractivity contribution in [2.45, 2.75) is 45.1 Å². The lowest BCUT2D eigenvalue weighted by Crippen LogP contribution is -2.45. The highest BCUT2D eigenvalue weighted by Gasteiger charge is 2.35. The molecular formula is C25H28F3N3O. The zero-order valence-corrected chi connectivity index (χ0v) is 18.2. The number of rotatable bonds is 8. The average molecular weight is 444 g/mol. The fraction of sp³-hybridized carbons (Fsp3) is 0.400. The fourth-order valence-corrected chi connectivity index (χ4v) is 4.73. The number of nitrogens with one attached hydrogen (secondary N) is 2. The molecule has 1 saturated carbocycles. The Morgan fingerprint density at radius 3 is 2.44 bits per heavy atom. The van der Waals surface area contributed by atoms with Crippen molar-refractivity contribution < 1.29 is 18.0 Å². The fourth-order valence-electron chi connectivity index (χ4n) is 4.73. The zero-order chi connectivity index (χ0) is 23.0. The predicted octanol–water partition coefficient (Wildman–Crippen LogP) is 5.24. The topological polar surface area (TPSA) is 70.9 Å². The molecule has 0 aliphatic heterocycles. The van der Waals surface area contributed by atoms with Gasteiger partial charge in [0.05, 0.1) is 17.3 Å². The van der Waals surface area contributed by atoms with Crippen LogP contribution >= 0.6 is 0 Å². The van der Waals surface area contributed by atoms with E-state index in [1.54, 1.807) is 12.1 Å². The molecule has 32 heavy (non-hydrogen) atoms. The third-order valence-corrected chi connectivity index (χ3v) is 6.34. The van der Waals surface area contributed by atoms with Crippen LogP contribution in [-0.4, -0.2) is 23.5 Å². The van der Waals surface area contributed by atoms with Crippen LogP contribution in [0.1, 0.15) is 44.6 Å². The molecule has 7 heteroatoms. The third kappa shape index (κ3) is 4.53. The van der Waals surface area contributed by atoms with Gasteiger partial charge in [0.25, 0.3) is 0 Å². The Labute approximate surface area is 185 Å². The third-order valence-electron chi connectivity index (χ3n) is 6.34. The van der Waals surface area contributed by atoms with Crippen molar-refractivity contribution in [1.29, 1.82) is 0 Å². The van der Waals surface area contributed by atoms with Gasteiger partial charge in [0.1, 0.15) is 17.5 Å². The van der Waals surface area contributed by atoms with E-state index in [-0.39, 0.29) is 29.2 Å². The summed E-state index contributed by atoms with van der Waals surface area (Å²) < 4.78 is 42.0. The smallest absolute Gasteiger partial charge is 0.234 e. The van der Waals surface area contributed by atoms with Crippen molar-refractivity contribution in [2.75, 3.05) is 6.54 Å². The number of nitrogens with two attached hydrogens (primary N) is 1. The number of aromatic nitrogens is 1. The van der Waals surface area contributed by atoms with E-state index in [1.807, 2.05) is 13.8 Å². The molecule has 1 aromatic heterocycles. The van der Waals surface area contributed by atoms with Crippen molar-refractivity contribution in [3.05, 3.63) is 59.4 Å². The first-order valence-corrected chi connectivity index (χ1v) is 11.0. The van der Waals surface area contributed by atoms with E-state index >= 15 is 0 Å². The van der Waals surface area contributed by atoms with Crippen molar-refractivity contribution in [2.24, 2.45) is 17.6 Å². The Morgan fingerprint density at radius 2 is 1.81 bits per heavy atom. The van der Waals surface area contributed by atoms with E-state index in [9.17, 15) is 18.0 Å². The summed E-state index contributed by atoms with van der Waals surface area (Å²) in [5.74, 6) is -1.20. The first-order valence-electron chi connectivity index (χ1n) is 11.0. The van der Waals surface area contributed by atoms with Crippen LogP contribution in [0.4, 0.5) is 13.2 Å². The highest BCUT2D eigenvalue weighted by atomic mass is 19.1. The minimum atomic E-state index is -0.648. The number of fused-ring (bicyclic) bond motifs is 1. The molecule has 0 bridgehead atoms. The molecule has 3 aromatic rings. The van der Waals surface area contributed by atoms with Gasteiger partial charge in [-0.25, -0.2) is 13.2 Å². The molecule has 1 fully saturated rings. The Hall–Kier alpha value is -2.80. The first-order chi connectivity index (χ1) is 15.2. The van der Waals surface area contributed by atoms with Crippen molar-refractivity contribution in [3.63, 3.8) is 0 Å². The van der Waals surface area contributed by atoms with Gasteiger partial charge >= 0.3 is 0 Å².